The first-order valence-electron chi connectivity index (χ1n) is 12.2. The Morgan fingerprint density at radius 3 is 2.57 bits per heavy atom. The summed E-state index contributed by atoms with van der Waals surface area (Å²) in [5.41, 5.74) is 0.509. The first kappa shape index (κ1) is 23.3. The van der Waals surface area contributed by atoms with E-state index in [1.54, 1.807) is 16.0 Å². The molecule has 9 heteroatoms. The number of nitrogens with zero attached hydrogens (tertiary/aromatic N) is 3. The fraction of sp³-hybridized carbons (Fsp3) is 0.286. The average Bonchev–Trinajstić information content (AvgIpc) is 2.88. The van der Waals surface area contributed by atoms with E-state index in [-0.39, 0.29) is 24.7 Å². The largest absolute Gasteiger partial charge is 0.502 e. The maximum Gasteiger partial charge on any atom is 0.278 e. The SMILES string of the molecule is Cc1ccccc1C1c2ccc(F)c(F)c2OCC=CC2(CCC2)N2CN1n1ccc(=O)c(O)c1C2=O. The van der Waals surface area contributed by atoms with E-state index in [0.717, 1.165) is 23.6 Å². The Bertz CT molecular complexity index is 1510. The minimum atomic E-state index is -1.10. The summed E-state index contributed by atoms with van der Waals surface area (Å²) in [5, 5.41) is 12.6. The first-order chi connectivity index (χ1) is 17.8. The molecule has 1 saturated carbocycles. The van der Waals surface area contributed by atoms with Gasteiger partial charge in [-0.3, -0.25) is 19.3 Å². The van der Waals surface area contributed by atoms with Gasteiger partial charge in [0.25, 0.3) is 5.91 Å². The lowest BCUT2D eigenvalue weighted by molar-refractivity contribution is 0.0255. The molecule has 2 bridgehead atoms. The number of carbonyl (C=O) groups excluding carboxylic acids is 1. The summed E-state index contributed by atoms with van der Waals surface area (Å²) in [6.07, 6.45) is 7.28. The van der Waals surface area contributed by atoms with Gasteiger partial charge in [0, 0.05) is 17.8 Å². The number of benzene rings is 2. The first-order valence-corrected chi connectivity index (χ1v) is 12.2. The van der Waals surface area contributed by atoms with Crippen LogP contribution in [0.2, 0.25) is 0 Å². The van der Waals surface area contributed by atoms with Gasteiger partial charge in [-0.2, -0.15) is 4.39 Å². The van der Waals surface area contributed by atoms with Gasteiger partial charge in [-0.05, 0) is 55.5 Å². The second-order valence-electron chi connectivity index (χ2n) is 9.75. The normalized spacial score (nSPS) is 20.0. The minimum Gasteiger partial charge on any atom is -0.502 e. The Labute approximate surface area is 211 Å². The van der Waals surface area contributed by atoms with Gasteiger partial charge in [0.1, 0.15) is 19.3 Å². The summed E-state index contributed by atoms with van der Waals surface area (Å²) in [6.45, 7) is 1.97. The van der Waals surface area contributed by atoms with E-state index in [1.807, 2.05) is 37.3 Å². The summed E-state index contributed by atoms with van der Waals surface area (Å²) in [6, 6.07) is 10.5. The van der Waals surface area contributed by atoms with Gasteiger partial charge in [0.05, 0.1) is 5.54 Å². The Kier molecular flexibility index (Phi) is 5.33. The number of aromatic nitrogens is 1. The number of hydrogen-bond acceptors (Lipinski definition) is 5. The molecule has 37 heavy (non-hydrogen) atoms. The van der Waals surface area contributed by atoms with E-state index < -0.39 is 40.3 Å². The maximum atomic E-state index is 15.3. The number of fused-ring (bicyclic) bond motifs is 6. The Morgan fingerprint density at radius 2 is 1.84 bits per heavy atom. The monoisotopic (exact) mass is 505 g/mol. The highest BCUT2D eigenvalue weighted by atomic mass is 19.2. The van der Waals surface area contributed by atoms with Crippen LogP contribution in [0, 0.1) is 18.6 Å². The van der Waals surface area contributed by atoms with Crippen LogP contribution in [0.25, 0.3) is 0 Å². The van der Waals surface area contributed by atoms with E-state index in [0.29, 0.717) is 18.4 Å². The lowest BCUT2D eigenvalue weighted by Crippen LogP contribution is -2.64. The molecule has 1 N–H and O–H groups in total. The van der Waals surface area contributed by atoms with Gasteiger partial charge in [0.2, 0.25) is 11.2 Å². The molecule has 2 aliphatic heterocycles. The summed E-state index contributed by atoms with van der Waals surface area (Å²) in [5.74, 6) is -3.48. The molecule has 0 radical (unpaired) electrons. The molecule has 3 aliphatic rings. The highest BCUT2D eigenvalue weighted by Crippen LogP contribution is 2.45. The molecule has 7 nitrogen and oxygen atoms in total. The van der Waals surface area contributed by atoms with Crippen molar-refractivity contribution in [3.63, 3.8) is 0 Å². The summed E-state index contributed by atoms with van der Waals surface area (Å²) < 4.78 is 37.0. The van der Waals surface area contributed by atoms with Crippen molar-refractivity contribution >= 4 is 5.91 Å². The Balaban J connectivity index is 1.69. The zero-order valence-electron chi connectivity index (χ0n) is 20.2. The second kappa shape index (κ2) is 8.47. The molecule has 3 aromatic rings. The van der Waals surface area contributed by atoms with Crippen LogP contribution in [0.4, 0.5) is 8.78 Å². The summed E-state index contributed by atoms with van der Waals surface area (Å²) in [4.78, 5) is 27.9. The van der Waals surface area contributed by atoms with Crippen molar-refractivity contribution in [2.24, 2.45) is 0 Å². The molecule has 1 aromatic heterocycles. The zero-order valence-corrected chi connectivity index (χ0v) is 20.2. The van der Waals surface area contributed by atoms with Crippen LogP contribution < -0.4 is 15.2 Å². The predicted octanol–water partition coefficient (Wildman–Crippen LogP) is 4.15. The standard InChI is InChI=1S/C28H25F2N3O4/c1-17-6-2-3-7-18(17)23-19-8-9-20(29)22(30)26(19)37-15-5-13-28(11-4-12-28)31-16-33(23)32-14-10-21(34)25(35)24(32)27(31)36/h2-3,5-10,13-14,23,35H,4,11-12,15-16H2,1H3. The highest BCUT2D eigenvalue weighted by Gasteiger charge is 2.49. The van der Waals surface area contributed by atoms with Gasteiger partial charge >= 0.3 is 0 Å². The molecule has 1 spiro atoms. The molecule has 1 amide bonds. The number of amides is 1. The smallest absolute Gasteiger partial charge is 0.278 e. The molecule has 190 valence electrons. The molecular weight excluding hydrogens is 480 g/mol. The number of ether oxygens (including phenoxy) is 1. The summed E-state index contributed by atoms with van der Waals surface area (Å²) >= 11 is 0. The molecule has 6 rings (SSSR count). The van der Waals surface area contributed by atoms with E-state index in [4.69, 9.17) is 4.74 Å². The number of carbonyl (C=O) groups is 1. The van der Waals surface area contributed by atoms with Crippen molar-refractivity contribution in [1.29, 1.82) is 0 Å². The third kappa shape index (κ3) is 3.44. The van der Waals surface area contributed by atoms with Gasteiger partial charge in [-0.1, -0.05) is 30.3 Å². The van der Waals surface area contributed by atoms with Gasteiger partial charge in [-0.15, -0.1) is 0 Å². The number of rotatable bonds is 1. The van der Waals surface area contributed by atoms with Crippen molar-refractivity contribution in [2.75, 3.05) is 18.3 Å². The van der Waals surface area contributed by atoms with Crippen LogP contribution >= 0.6 is 0 Å². The summed E-state index contributed by atoms with van der Waals surface area (Å²) in [7, 11) is 0. The van der Waals surface area contributed by atoms with E-state index in [9.17, 15) is 19.1 Å². The van der Waals surface area contributed by atoms with E-state index in [2.05, 4.69) is 0 Å². The van der Waals surface area contributed by atoms with Crippen LogP contribution in [0.1, 0.15) is 52.5 Å². The van der Waals surface area contributed by atoms with Crippen LogP contribution in [-0.2, 0) is 0 Å². The average molecular weight is 506 g/mol. The molecule has 1 fully saturated rings. The van der Waals surface area contributed by atoms with Crippen molar-refractivity contribution < 1.29 is 23.4 Å². The number of halogens is 2. The minimum absolute atomic E-state index is 0.0201. The molecule has 3 heterocycles. The fourth-order valence-electron chi connectivity index (χ4n) is 5.64. The Hall–Kier alpha value is -4.14. The van der Waals surface area contributed by atoms with Gasteiger partial charge in [0.15, 0.2) is 23.0 Å². The van der Waals surface area contributed by atoms with Gasteiger partial charge < -0.3 is 14.7 Å². The lowest BCUT2D eigenvalue weighted by atomic mass is 9.74. The van der Waals surface area contributed by atoms with E-state index >= 15 is 4.39 Å². The zero-order chi connectivity index (χ0) is 25.9. The van der Waals surface area contributed by atoms with E-state index in [1.165, 1.54) is 23.0 Å². The fourth-order valence-corrected chi connectivity index (χ4v) is 5.64. The molecule has 1 unspecified atom stereocenters. The van der Waals surface area contributed by atoms with Crippen LogP contribution in [0.5, 0.6) is 11.5 Å². The van der Waals surface area contributed by atoms with Crippen LogP contribution in [0.3, 0.4) is 0 Å². The van der Waals surface area contributed by atoms with Gasteiger partial charge in [-0.25, -0.2) is 4.39 Å². The van der Waals surface area contributed by atoms with Crippen molar-refractivity contribution in [2.45, 2.75) is 37.8 Å². The van der Waals surface area contributed by atoms with Crippen LogP contribution in [0.15, 0.2) is 65.6 Å². The Morgan fingerprint density at radius 1 is 1.05 bits per heavy atom. The number of pyridine rings is 1. The predicted molar refractivity (Wildman–Crippen MR) is 132 cm³/mol. The second-order valence-corrected chi connectivity index (χ2v) is 9.75. The maximum absolute atomic E-state index is 15.3. The topological polar surface area (TPSA) is 75.0 Å². The lowest BCUT2D eigenvalue weighted by Gasteiger charge is -2.54. The molecule has 1 atom stereocenters. The third-order valence-corrected chi connectivity index (χ3v) is 7.73. The molecule has 2 aromatic carbocycles. The molecule has 1 aliphatic carbocycles. The number of aromatic hydroxyl groups is 1. The van der Waals surface area contributed by atoms with Crippen molar-refractivity contribution in [1.82, 2.24) is 9.58 Å². The third-order valence-electron chi connectivity index (χ3n) is 7.73. The highest BCUT2D eigenvalue weighted by molar-refractivity contribution is 5.97. The molecular formula is C28H25F2N3O4. The van der Waals surface area contributed by atoms with Crippen LogP contribution in [-0.4, -0.2) is 39.4 Å². The quantitative estimate of drug-likeness (QED) is 0.503. The van der Waals surface area contributed by atoms with Crippen molar-refractivity contribution in [3.8, 4) is 11.5 Å². The van der Waals surface area contributed by atoms with Crippen molar-refractivity contribution in [3.05, 3.63) is 105 Å². The molecule has 0 saturated heterocycles. The number of hydrogen-bond donors (Lipinski definition) is 1. The number of aryl methyl sites for hydroxylation is 1.